The highest BCUT2D eigenvalue weighted by Crippen LogP contribution is 2.49. The lowest BCUT2D eigenvalue weighted by molar-refractivity contribution is -0.165. The first-order valence-electron chi connectivity index (χ1n) is 13.1. The molecule has 0 saturated carbocycles. The second-order valence-corrected chi connectivity index (χ2v) is 16.1. The number of H-pyrrole nitrogens is 1. The Morgan fingerprint density at radius 3 is 2.15 bits per heavy atom. The van der Waals surface area contributed by atoms with Gasteiger partial charge in [-0.1, -0.05) is 39.0 Å². The molecule has 3 atom stereocenters. The van der Waals surface area contributed by atoms with Crippen molar-refractivity contribution in [1.29, 1.82) is 0 Å². The van der Waals surface area contributed by atoms with E-state index in [4.69, 9.17) is 18.6 Å². The molecule has 1 aliphatic heterocycles. The van der Waals surface area contributed by atoms with Crippen LogP contribution in [-0.2, 0) is 37.8 Å². The van der Waals surface area contributed by atoms with Gasteiger partial charge in [0.1, 0.15) is 0 Å². The van der Waals surface area contributed by atoms with Crippen LogP contribution in [0.4, 0.5) is 0 Å². The normalized spacial score (nSPS) is 19.5. The number of esters is 3. The van der Waals surface area contributed by atoms with Crippen molar-refractivity contribution in [3.63, 3.8) is 0 Å². The van der Waals surface area contributed by atoms with Gasteiger partial charge in [0.15, 0.2) is 20.3 Å². The average molecular weight is 561 g/mol. The molecule has 1 aromatic heterocycles. The minimum Gasteiger partial charge on any atom is -0.468 e. The van der Waals surface area contributed by atoms with E-state index >= 15 is 0 Å². The maximum atomic E-state index is 13.5. The van der Waals surface area contributed by atoms with Gasteiger partial charge in [-0.2, -0.15) is 0 Å². The molecule has 0 spiro atoms. The fourth-order valence-corrected chi connectivity index (χ4v) is 6.07. The van der Waals surface area contributed by atoms with Crippen LogP contribution < -0.4 is 0 Å². The summed E-state index contributed by atoms with van der Waals surface area (Å²) in [7, 11) is 0.0174. The number of hydrogen-bond acceptors (Lipinski definition) is 8. The standard InChI is InChI=1S/C28H40N2O8Si/c1-10-37-27(34)24-23-20(17-13-11-12-14-18(17)29-23)21(22(25(32)35-6)26(33)36-7)19(30(24)16(2)31)15-38-39(8,9)28(3,4)5/h11-14,19,21-22,24,29H,10,15H2,1-9H3/t19-,21-,24-/m1/s1. The van der Waals surface area contributed by atoms with Crippen LogP contribution in [0.25, 0.3) is 10.9 Å². The maximum absolute atomic E-state index is 13.5. The van der Waals surface area contributed by atoms with Crippen molar-refractivity contribution < 1.29 is 37.8 Å². The Kier molecular flexibility index (Phi) is 8.96. The highest BCUT2D eigenvalue weighted by atomic mass is 28.4. The summed E-state index contributed by atoms with van der Waals surface area (Å²) >= 11 is 0. The molecule has 10 nitrogen and oxygen atoms in total. The Labute approximate surface area is 230 Å². The third-order valence-corrected chi connectivity index (χ3v) is 12.5. The first-order chi connectivity index (χ1) is 18.2. The molecule has 0 aliphatic carbocycles. The minimum absolute atomic E-state index is 0.0138. The molecule has 1 aromatic carbocycles. The Hall–Kier alpha value is -3.18. The van der Waals surface area contributed by atoms with E-state index in [9.17, 15) is 19.2 Å². The summed E-state index contributed by atoms with van der Waals surface area (Å²) in [6.45, 7) is 13.5. The van der Waals surface area contributed by atoms with Gasteiger partial charge in [-0.3, -0.25) is 14.4 Å². The molecule has 39 heavy (non-hydrogen) atoms. The Morgan fingerprint density at radius 1 is 1.05 bits per heavy atom. The second-order valence-electron chi connectivity index (χ2n) is 11.3. The number of nitrogens with zero attached hydrogens (tertiary/aromatic N) is 1. The third-order valence-electron chi connectivity index (χ3n) is 8.00. The van der Waals surface area contributed by atoms with Crippen LogP contribution in [0.1, 0.15) is 57.8 Å². The molecule has 0 radical (unpaired) electrons. The zero-order valence-corrected chi connectivity index (χ0v) is 25.2. The van der Waals surface area contributed by atoms with Crippen LogP contribution in [0, 0.1) is 5.92 Å². The van der Waals surface area contributed by atoms with E-state index in [2.05, 4.69) is 38.8 Å². The van der Waals surface area contributed by atoms with Crippen molar-refractivity contribution >= 4 is 43.0 Å². The van der Waals surface area contributed by atoms with Gasteiger partial charge in [-0.25, -0.2) is 4.79 Å². The van der Waals surface area contributed by atoms with Crippen molar-refractivity contribution in [2.75, 3.05) is 27.4 Å². The number of ether oxygens (including phenoxy) is 3. The number of aromatic amines is 1. The Bertz CT molecular complexity index is 1230. The lowest BCUT2D eigenvalue weighted by Gasteiger charge is -2.47. The highest BCUT2D eigenvalue weighted by Gasteiger charge is 2.55. The van der Waals surface area contributed by atoms with Gasteiger partial charge in [0.25, 0.3) is 0 Å². The molecule has 1 aliphatic rings. The molecule has 0 bridgehead atoms. The number of hydrogen-bond donors (Lipinski definition) is 1. The zero-order chi connectivity index (χ0) is 29.3. The van der Waals surface area contributed by atoms with E-state index in [0.717, 1.165) is 0 Å². The lowest BCUT2D eigenvalue weighted by Crippen LogP contribution is -2.57. The van der Waals surface area contributed by atoms with Crippen molar-refractivity contribution in [3.05, 3.63) is 35.5 Å². The highest BCUT2D eigenvalue weighted by molar-refractivity contribution is 6.74. The van der Waals surface area contributed by atoms with Crippen LogP contribution in [0.3, 0.4) is 0 Å². The Morgan fingerprint density at radius 2 is 1.64 bits per heavy atom. The Balaban J connectivity index is 2.39. The molecule has 0 fully saturated rings. The number of fused-ring (bicyclic) bond motifs is 3. The van der Waals surface area contributed by atoms with Gasteiger partial charge < -0.3 is 28.5 Å². The maximum Gasteiger partial charge on any atom is 0.335 e. The molecule has 11 heteroatoms. The van der Waals surface area contributed by atoms with Crippen molar-refractivity contribution in [2.24, 2.45) is 5.92 Å². The third kappa shape index (κ3) is 5.60. The number of aromatic nitrogens is 1. The van der Waals surface area contributed by atoms with Crippen LogP contribution in [0.2, 0.25) is 18.1 Å². The topological polar surface area (TPSA) is 124 Å². The molecule has 2 heterocycles. The van der Waals surface area contributed by atoms with Gasteiger partial charge in [0, 0.05) is 23.7 Å². The molecule has 2 aromatic rings. The average Bonchev–Trinajstić information content (AvgIpc) is 3.25. The number of benzene rings is 1. The van der Waals surface area contributed by atoms with Crippen LogP contribution in [0.15, 0.2) is 24.3 Å². The molecule has 0 saturated heterocycles. The predicted octanol–water partition coefficient (Wildman–Crippen LogP) is 4.07. The van der Waals surface area contributed by atoms with E-state index in [0.29, 0.717) is 22.2 Å². The number of rotatable bonds is 8. The van der Waals surface area contributed by atoms with E-state index < -0.39 is 56.1 Å². The number of para-hydroxylation sites is 1. The van der Waals surface area contributed by atoms with Gasteiger partial charge in [-0.15, -0.1) is 0 Å². The fourth-order valence-electron chi connectivity index (χ4n) is 5.05. The summed E-state index contributed by atoms with van der Waals surface area (Å²) in [6.07, 6.45) is 0. The van der Waals surface area contributed by atoms with Crippen LogP contribution >= 0.6 is 0 Å². The number of amides is 1. The van der Waals surface area contributed by atoms with Gasteiger partial charge >= 0.3 is 17.9 Å². The van der Waals surface area contributed by atoms with Gasteiger partial charge in [0.2, 0.25) is 5.91 Å². The van der Waals surface area contributed by atoms with E-state index in [1.165, 1.54) is 26.0 Å². The van der Waals surface area contributed by atoms with Crippen LogP contribution in [0.5, 0.6) is 0 Å². The molecular formula is C28H40N2O8Si. The van der Waals surface area contributed by atoms with Crippen molar-refractivity contribution in [3.8, 4) is 0 Å². The summed E-state index contributed by atoms with van der Waals surface area (Å²) in [5.74, 6) is -5.02. The monoisotopic (exact) mass is 560 g/mol. The van der Waals surface area contributed by atoms with Gasteiger partial charge in [-0.05, 0) is 36.7 Å². The van der Waals surface area contributed by atoms with Crippen molar-refractivity contribution in [2.45, 2.75) is 70.8 Å². The van der Waals surface area contributed by atoms with Crippen molar-refractivity contribution in [1.82, 2.24) is 9.88 Å². The summed E-state index contributed by atoms with van der Waals surface area (Å²) < 4.78 is 22.2. The van der Waals surface area contributed by atoms with E-state index in [1.807, 2.05) is 24.3 Å². The van der Waals surface area contributed by atoms with E-state index in [-0.39, 0.29) is 18.3 Å². The second kappa shape index (κ2) is 11.5. The predicted molar refractivity (Wildman–Crippen MR) is 147 cm³/mol. The quantitative estimate of drug-likeness (QED) is 0.222. The number of nitrogens with one attached hydrogen (secondary N) is 1. The zero-order valence-electron chi connectivity index (χ0n) is 24.2. The molecular weight excluding hydrogens is 520 g/mol. The first kappa shape index (κ1) is 30.4. The van der Waals surface area contributed by atoms with Crippen LogP contribution in [-0.4, -0.2) is 75.5 Å². The molecule has 3 rings (SSSR count). The summed E-state index contributed by atoms with van der Waals surface area (Å²) in [5.41, 5.74) is 1.63. The summed E-state index contributed by atoms with van der Waals surface area (Å²) in [6, 6.07) is 5.32. The molecule has 214 valence electrons. The molecule has 1 amide bonds. The smallest absolute Gasteiger partial charge is 0.335 e. The minimum atomic E-state index is -2.38. The number of carbonyl (C=O) groups excluding carboxylic acids is 4. The first-order valence-corrected chi connectivity index (χ1v) is 16.0. The largest absolute Gasteiger partial charge is 0.468 e. The number of carbonyl (C=O) groups is 4. The molecule has 0 unspecified atom stereocenters. The van der Waals surface area contributed by atoms with Gasteiger partial charge in [0.05, 0.1) is 39.2 Å². The SMILES string of the molecule is CCOC(=O)[C@H]1c2[nH]c3ccccc3c2[C@H](C(C(=O)OC)C(=O)OC)[C@@H](CO[Si](C)(C)C(C)(C)C)N1C(C)=O. The fraction of sp³-hybridized carbons (Fsp3) is 0.571. The summed E-state index contributed by atoms with van der Waals surface area (Å²) in [5, 5.41) is 0.555. The molecule has 1 N–H and O–H groups in total. The number of methoxy groups -OCH3 is 2. The van der Waals surface area contributed by atoms with E-state index in [1.54, 1.807) is 6.92 Å². The lowest BCUT2D eigenvalue weighted by atomic mass is 9.74. The summed E-state index contributed by atoms with van der Waals surface area (Å²) in [4.78, 5) is 57.9.